The SMILES string of the molecule is C[C@H](CO)N1C[C@H](C)[C@H](CN(C)C(=O)NC2CCCCC2)Oc2ncc(-c3cc4ccccc4o3)cc2C1=O. The number of nitrogens with zero attached hydrogens (tertiary/aromatic N) is 3. The van der Waals surface area contributed by atoms with Crippen LogP contribution in [0.3, 0.4) is 0 Å². The van der Waals surface area contributed by atoms with Crippen LogP contribution in [0.5, 0.6) is 5.88 Å². The summed E-state index contributed by atoms with van der Waals surface area (Å²) in [6.45, 7) is 4.36. The third kappa shape index (κ3) is 5.88. The summed E-state index contributed by atoms with van der Waals surface area (Å²) < 4.78 is 12.4. The molecule has 9 heteroatoms. The van der Waals surface area contributed by atoms with Crippen LogP contribution < -0.4 is 10.1 Å². The molecule has 3 atom stereocenters. The molecule has 3 amide bonds. The largest absolute Gasteiger partial charge is 0.472 e. The number of aliphatic hydroxyl groups excluding tert-OH is 1. The summed E-state index contributed by atoms with van der Waals surface area (Å²) in [5.41, 5.74) is 1.72. The van der Waals surface area contributed by atoms with Crippen LogP contribution in [-0.2, 0) is 0 Å². The number of ether oxygens (including phenoxy) is 1. The lowest BCUT2D eigenvalue weighted by Gasteiger charge is -2.38. The fourth-order valence-electron chi connectivity index (χ4n) is 5.46. The Kier molecular flexibility index (Phi) is 8.07. The number of nitrogens with one attached hydrogen (secondary N) is 1. The van der Waals surface area contributed by atoms with Gasteiger partial charge in [0.1, 0.15) is 23.0 Å². The Hall–Kier alpha value is -3.59. The Morgan fingerprint density at radius 2 is 2.00 bits per heavy atom. The first kappa shape index (κ1) is 27.0. The molecular weight excluding hydrogens is 496 g/mol. The number of urea groups is 1. The van der Waals surface area contributed by atoms with Gasteiger partial charge in [0.25, 0.3) is 5.91 Å². The molecule has 2 aliphatic rings. The quantitative estimate of drug-likeness (QED) is 0.475. The van der Waals surface area contributed by atoms with Gasteiger partial charge in [-0.05, 0) is 38.0 Å². The second-order valence-corrected chi connectivity index (χ2v) is 11.0. The van der Waals surface area contributed by atoms with Gasteiger partial charge in [0.2, 0.25) is 5.88 Å². The molecular formula is C30H38N4O5. The monoisotopic (exact) mass is 534 g/mol. The highest BCUT2D eigenvalue weighted by Gasteiger charge is 2.35. The molecule has 0 bridgehead atoms. The maximum Gasteiger partial charge on any atom is 0.317 e. The van der Waals surface area contributed by atoms with Crippen molar-refractivity contribution < 1.29 is 23.8 Å². The summed E-state index contributed by atoms with van der Waals surface area (Å²) in [6.07, 6.45) is 6.77. The van der Waals surface area contributed by atoms with E-state index in [9.17, 15) is 14.7 Å². The van der Waals surface area contributed by atoms with Crippen molar-refractivity contribution in [2.24, 2.45) is 5.92 Å². The Balaban J connectivity index is 1.42. The molecule has 1 aliphatic heterocycles. The third-order valence-electron chi connectivity index (χ3n) is 7.96. The topological polar surface area (TPSA) is 108 Å². The average molecular weight is 535 g/mol. The number of pyridine rings is 1. The number of amides is 3. The van der Waals surface area contributed by atoms with Crippen molar-refractivity contribution >= 4 is 22.9 Å². The normalized spacial score (nSPS) is 21.0. The lowest BCUT2D eigenvalue weighted by Crippen LogP contribution is -2.52. The first-order valence-corrected chi connectivity index (χ1v) is 13.9. The van der Waals surface area contributed by atoms with Gasteiger partial charge < -0.3 is 29.4 Å². The van der Waals surface area contributed by atoms with E-state index < -0.39 is 12.1 Å². The predicted molar refractivity (Wildman–Crippen MR) is 149 cm³/mol. The molecule has 1 fully saturated rings. The van der Waals surface area contributed by atoms with Crippen molar-refractivity contribution in [3.8, 4) is 17.2 Å². The van der Waals surface area contributed by atoms with Crippen LogP contribution in [-0.4, -0.2) is 76.8 Å². The zero-order valence-electron chi connectivity index (χ0n) is 22.9. The van der Waals surface area contributed by atoms with E-state index in [2.05, 4.69) is 10.3 Å². The third-order valence-corrected chi connectivity index (χ3v) is 7.96. The summed E-state index contributed by atoms with van der Waals surface area (Å²) in [6, 6.07) is 11.1. The van der Waals surface area contributed by atoms with Crippen LogP contribution in [0.4, 0.5) is 4.79 Å². The lowest BCUT2D eigenvalue weighted by molar-refractivity contribution is 0.0351. The molecule has 208 valence electrons. The van der Waals surface area contributed by atoms with Gasteiger partial charge in [-0.2, -0.15) is 0 Å². The van der Waals surface area contributed by atoms with Crippen LogP contribution >= 0.6 is 0 Å². The van der Waals surface area contributed by atoms with Crippen LogP contribution in [0.2, 0.25) is 0 Å². The summed E-state index contributed by atoms with van der Waals surface area (Å²) in [5.74, 6) is 0.448. The van der Waals surface area contributed by atoms with E-state index in [1.54, 1.807) is 29.1 Å². The molecule has 3 aromatic rings. The molecule has 3 heterocycles. The molecule has 39 heavy (non-hydrogen) atoms. The minimum Gasteiger partial charge on any atom is -0.472 e. The number of furan rings is 1. The van der Waals surface area contributed by atoms with Crippen molar-refractivity contribution in [2.75, 3.05) is 26.7 Å². The number of carbonyl (C=O) groups excluding carboxylic acids is 2. The fourth-order valence-corrected chi connectivity index (χ4v) is 5.46. The van der Waals surface area contributed by atoms with E-state index in [1.165, 1.54) is 6.42 Å². The molecule has 5 rings (SSSR count). The van der Waals surface area contributed by atoms with Gasteiger partial charge in [-0.15, -0.1) is 0 Å². The highest BCUT2D eigenvalue weighted by atomic mass is 16.5. The minimum absolute atomic E-state index is 0.113. The van der Waals surface area contributed by atoms with E-state index in [1.807, 2.05) is 44.2 Å². The average Bonchev–Trinajstić information content (AvgIpc) is 3.39. The number of carbonyl (C=O) groups is 2. The van der Waals surface area contributed by atoms with Crippen LogP contribution in [0.1, 0.15) is 56.3 Å². The second kappa shape index (κ2) is 11.7. The Morgan fingerprint density at radius 3 is 2.74 bits per heavy atom. The number of benzene rings is 1. The van der Waals surface area contributed by atoms with Crippen molar-refractivity contribution in [2.45, 2.75) is 64.1 Å². The molecule has 1 aromatic carbocycles. The van der Waals surface area contributed by atoms with Crippen molar-refractivity contribution in [1.82, 2.24) is 20.1 Å². The molecule has 1 saturated carbocycles. The lowest BCUT2D eigenvalue weighted by atomic mass is 9.96. The van der Waals surface area contributed by atoms with Crippen molar-refractivity contribution in [3.05, 3.63) is 48.2 Å². The molecule has 2 N–H and O–H groups in total. The van der Waals surface area contributed by atoms with Crippen molar-refractivity contribution in [3.63, 3.8) is 0 Å². The zero-order valence-corrected chi connectivity index (χ0v) is 22.9. The summed E-state index contributed by atoms with van der Waals surface area (Å²) >= 11 is 0. The summed E-state index contributed by atoms with van der Waals surface area (Å²) in [4.78, 5) is 34.6. The Morgan fingerprint density at radius 1 is 1.23 bits per heavy atom. The smallest absolute Gasteiger partial charge is 0.317 e. The van der Waals surface area contributed by atoms with Gasteiger partial charge in [-0.25, -0.2) is 9.78 Å². The highest BCUT2D eigenvalue weighted by Crippen LogP contribution is 2.33. The molecule has 2 aromatic heterocycles. The van der Waals surface area contributed by atoms with E-state index in [0.717, 1.165) is 36.7 Å². The van der Waals surface area contributed by atoms with Gasteiger partial charge in [-0.3, -0.25) is 4.79 Å². The molecule has 0 radical (unpaired) electrons. The van der Waals surface area contributed by atoms with Crippen LogP contribution in [0.15, 0.2) is 47.0 Å². The van der Waals surface area contributed by atoms with Gasteiger partial charge in [0.05, 0.1) is 19.2 Å². The first-order chi connectivity index (χ1) is 18.8. The number of likely N-dealkylation sites (N-methyl/N-ethyl adjacent to an activating group) is 1. The van der Waals surface area contributed by atoms with Gasteiger partial charge in [-0.1, -0.05) is 44.4 Å². The van der Waals surface area contributed by atoms with Gasteiger partial charge >= 0.3 is 6.03 Å². The van der Waals surface area contributed by atoms with E-state index in [0.29, 0.717) is 30.0 Å². The minimum atomic E-state index is -0.406. The maximum absolute atomic E-state index is 13.7. The summed E-state index contributed by atoms with van der Waals surface area (Å²) in [5, 5.41) is 14.1. The van der Waals surface area contributed by atoms with Crippen molar-refractivity contribution in [1.29, 1.82) is 0 Å². The van der Waals surface area contributed by atoms with E-state index >= 15 is 0 Å². The Labute approximate surface area is 229 Å². The number of fused-ring (bicyclic) bond motifs is 2. The van der Waals surface area contributed by atoms with Gasteiger partial charge in [0, 0.05) is 42.7 Å². The zero-order chi connectivity index (χ0) is 27.5. The maximum atomic E-state index is 13.7. The molecule has 1 aliphatic carbocycles. The van der Waals surface area contributed by atoms with Gasteiger partial charge in [0.15, 0.2) is 0 Å². The number of aliphatic hydroxyl groups is 1. The molecule has 0 saturated heterocycles. The number of hydrogen-bond donors (Lipinski definition) is 2. The number of para-hydroxylation sites is 1. The number of aromatic nitrogens is 1. The molecule has 0 unspecified atom stereocenters. The molecule has 9 nitrogen and oxygen atoms in total. The van der Waals surface area contributed by atoms with E-state index in [-0.39, 0.29) is 36.4 Å². The Bertz CT molecular complexity index is 1280. The summed E-state index contributed by atoms with van der Waals surface area (Å²) in [7, 11) is 1.77. The predicted octanol–water partition coefficient (Wildman–Crippen LogP) is 4.69. The fraction of sp³-hybridized carbons (Fsp3) is 0.500. The number of rotatable bonds is 6. The standard InChI is InChI=1S/C30H38N4O5/c1-19-16-34(20(2)18-35)29(36)24-13-22(26-14-21-9-7-8-12-25(21)38-26)15-31-28(24)39-27(19)17-33(3)30(37)32-23-10-5-4-6-11-23/h7-9,12-15,19-20,23,27,35H,4-6,10-11,16-18H2,1-3H3,(H,32,37)/t19-,20+,27-/m0/s1. The van der Waals surface area contributed by atoms with Crippen LogP contribution in [0.25, 0.3) is 22.3 Å². The number of hydrogen-bond acceptors (Lipinski definition) is 6. The molecule has 0 spiro atoms. The van der Waals surface area contributed by atoms with E-state index in [4.69, 9.17) is 9.15 Å². The highest BCUT2D eigenvalue weighted by molar-refractivity contribution is 5.98. The van der Waals surface area contributed by atoms with Crippen LogP contribution in [0, 0.1) is 5.92 Å². The second-order valence-electron chi connectivity index (χ2n) is 11.0. The first-order valence-electron chi connectivity index (χ1n) is 13.9.